The van der Waals surface area contributed by atoms with Crippen LogP contribution in [-0.2, 0) is 33.2 Å². The molecule has 0 bridgehead atoms. The van der Waals surface area contributed by atoms with Gasteiger partial charge >= 0.3 is 5.97 Å². The number of carbonyl (C=O) groups is 2. The molecule has 2 saturated heterocycles. The van der Waals surface area contributed by atoms with Gasteiger partial charge in [-0.05, 0) is 50.2 Å². The molecule has 1 amide bonds. The Labute approximate surface area is 291 Å². The van der Waals surface area contributed by atoms with E-state index in [0.717, 1.165) is 38.5 Å². The van der Waals surface area contributed by atoms with Crippen LogP contribution < -0.4 is 5.48 Å². The summed E-state index contributed by atoms with van der Waals surface area (Å²) in [7, 11) is 0. The Hall–Kier alpha value is -2.28. The van der Waals surface area contributed by atoms with Crippen LogP contribution in [0.1, 0.15) is 82.0 Å². The van der Waals surface area contributed by atoms with E-state index in [1.807, 2.05) is 6.92 Å². The lowest BCUT2D eigenvalue weighted by Crippen LogP contribution is -2.64. The number of esters is 1. The molecule has 0 radical (unpaired) electrons. The normalized spacial score (nSPS) is 39.0. The number of carbonyl (C=O) groups excluding carboxylic acids is 2. The predicted molar refractivity (Wildman–Crippen MR) is 172 cm³/mol. The van der Waals surface area contributed by atoms with Crippen LogP contribution in [0.25, 0.3) is 0 Å². The van der Waals surface area contributed by atoms with E-state index in [1.54, 1.807) is 42.7 Å². The molecule has 50 heavy (non-hydrogen) atoms. The van der Waals surface area contributed by atoms with E-state index < -0.39 is 98.2 Å². The molecule has 2 saturated carbocycles. The van der Waals surface area contributed by atoms with Crippen LogP contribution in [0, 0.1) is 11.8 Å². The fourth-order valence-corrected chi connectivity index (χ4v) is 7.57. The molecule has 2 aliphatic heterocycles. The first kappa shape index (κ1) is 38.9. The van der Waals surface area contributed by atoms with Gasteiger partial charge in [0.15, 0.2) is 18.7 Å². The highest BCUT2D eigenvalue weighted by Crippen LogP contribution is 2.37. The number of hydrogen-bond acceptors (Lipinski definition) is 14. The van der Waals surface area contributed by atoms with Gasteiger partial charge in [0.05, 0.1) is 30.5 Å². The minimum absolute atomic E-state index is 0.121. The lowest BCUT2D eigenvalue weighted by atomic mass is 9.85. The maximum absolute atomic E-state index is 13.5. The zero-order chi connectivity index (χ0) is 35.9. The quantitative estimate of drug-likeness (QED) is 0.0911. The third kappa shape index (κ3) is 9.19. The Morgan fingerprint density at radius 2 is 1.54 bits per heavy atom. The highest BCUT2D eigenvalue weighted by atomic mass is 16.7. The average Bonchev–Trinajstić information content (AvgIpc) is 3.13. The van der Waals surface area contributed by atoms with E-state index in [2.05, 4.69) is 0 Å². The number of ether oxygens (including phenoxy) is 6. The lowest BCUT2D eigenvalue weighted by molar-refractivity contribution is -0.347. The van der Waals surface area contributed by atoms with Crippen LogP contribution in [0.3, 0.4) is 0 Å². The Bertz CT molecular complexity index is 1220. The van der Waals surface area contributed by atoms with Gasteiger partial charge in [-0.25, -0.2) is 10.3 Å². The molecule has 282 valence electrons. The first-order chi connectivity index (χ1) is 24.0. The van der Waals surface area contributed by atoms with Crippen LogP contribution in [0.2, 0.25) is 0 Å². The van der Waals surface area contributed by atoms with Gasteiger partial charge in [0.25, 0.3) is 5.91 Å². The number of aliphatic hydroxyl groups is 5. The third-order valence-corrected chi connectivity index (χ3v) is 10.5. The van der Waals surface area contributed by atoms with E-state index in [1.165, 1.54) is 0 Å². The van der Waals surface area contributed by atoms with Crippen molar-refractivity contribution in [1.29, 1.82) is 0 Å². The van der Waals surface area contributed by atoms with Gasteiger partial charge in [-0.15, -0.1) is 0 Å². The predicted octanol–water partition coefficient (Wildman–Crippen LogP) is 0.938. The summed E-state index contributed by atoms with van der Waals surface area (Å²) in [6.07, 6.45) is -9.51. The van der Waals surface area contributed by atoms with Crippen molar-refractivity contribution in [2.75, 3.05) is 6.61 Å². The van der Waals surface area contributed by atoms with Crippen molar-refractivity contribution in [3.05, 3.63) is 35.9 Å². The number of rotatable bonds is 12. The number of hydrogen-bond donors (Lipinski definition) is 7. The van der Waals surface area contributed by atoms with Gasteiger partial charge in [0, 0.05) is 0 Å². The highest BCUT2D eigenvalue weighted by molar-refractivity contribution is 5.89. The molecule has 2 aliphatic carbocycles. The number of nitrogens with one attached hydrogen (secondary N) is 1. The maximum atomic E-state index is 13.5. The van der Waals surface area contributed by atoms with Crippen LogP contribution in [0.15, 0.2) is 30.3 Å². The molecular weight excluding hydrogens is 658 g/mol. The van der Waals surface area contributed by atoms with Crippen molar-refractivity contribution < 1.29 is 68.8 Å². The van der Waals surface area contributed by atoms with Gasteiger partial charge < -0.3 is 54.0 Å². The van der Waals surface area contributed by atoms with Crippen LogP contribution in [0.5, 0.6) is 0 Å². The average molecular weight is 712 g/mol. The molecule has 4 aliphatic rings. The Morgan fingerprint density at radius 3 is 2.22 bits per heavy atom. The van der Waals surface area contributed by atoms with Crippen molar-refractivity contribution in [2.24, 2.45) is 11.8 Å². The number of amides is 1. The Balaban J connectivity index is 1.43. The fourth-order valence-electron chi connectivity index (χ4n) is 7.57. The second-order valence-corrected chi connectivity index (χ2v) is 14.1. The van der Waals surface area contributed by atoms with E-state index in [9.17, 15) is 40.3 Å². The van der Waals surface area contributed by atoms with Gasteiger partial charge in [0.2, 0.25) is 0 Å². The second kappa shape index (κ2) is 18.0. The van der Waals surface area contributed by atoms with Crippen molar-refractivity contribution in [1.82, 2.24) is 5.48 Å². The summed E-state index contributed by atoms with van der Waals surface area (Å²) in [6, 6.07) is 8.13. The molecule has 1 aromatic carbocycles. The number of hydroxylamine groups is 1. The standard InChI is InChI=1S/C35H53NO14/c1-18-10-9-15-22(29(18)50-34-28(41)27(40)25(38)19(2)45-34)47-35-31(49-33(43)21-13-7-4-8-14-21)30(26(39)24(17-37)48-35)46-23(32(42)36-44)16-20-11-5-3-6-12-20/h4,7-8,13-14,18-20,22-31,34-35,37-41,44H,3,5-6,9-12,15-17H2,1-2H3,(H,36,42)/t18-,19-,22+,23-,24+,25+,26-,27+,28-,29-,30-,31+,34?,35+/m0/s1. The fraction of sp³-hybridized carbons (Fsp3) is 0.771. The minimum atomic E-state index is -1.58. The van der Waals surface area contributed by atoms with E-state index >= 15 is 0 Å². The van der Waals surface area contributed by atoms with Crippen LogP contribution >= 0.6 is 0 Å². The molecule has 15 nitrogen and oxygen atoms in total. The Morgan fingerprint density at radius 1 is 0.820 bits per heavy atom. The summed E-state index contributed by atoms with van der Waals surface area (Å²) in [5, 5.41) is 62.6. The van der Waals surface area contributed by atoms with E-state index in [-0.39, 0.29) is 23.8 Å². The zero-order valence-corrected chi connectivity index (χ0v) is 28.6. The number of benzene rings is 1. The third-order valence-electron chi connectivity index (χ3n) is 10.5. The van der Waals surface area contributed by atoms with Gasteiger partial charge in [0.1, 0.15) is 42.7 Å². The summed E-state index contributed by atoms with van der Waals surface area (Å²) < 4.78 is 36.8. The van der Waals surface area contributed by atoms with Gasteiger partial charge in [-0.1, -0.05) is 63.6 Å². The van der Waals surface area contributed by atoms with Gasteiger partial charge in [-0.3, -0.25) is 10.0 Å². The molecule has 15 heteroatoms. The van der Waals surface area contributed by atoms with E-state index in [4.69, 9.17) is 28.4 Å². The number of aliphatic hydroxyl groups excluding tert-OH is 5. The summed E-state index contributed by atoms with van der Waals surface area (Å²) >= 11 is 0. The monoisotopic (exact) mass is 711 g/mol. The molecule has 0 spiro atoms. The molecule has 14 atom stereocenters. The topological polar surface area (TPSA) is 223 Å². The molecular formula is C35H53NO14. The molecule has 7 N–H and O–H groups in total. The summed E-state index contributed by atoms with van der Waals surface area (Å²) in [5.74, 6) is -1.63. The molecule has 1 unspecified atom stereocenters. The maximum Gasteiger partial charge on any atom is 0.338 e. The molecule has 4 fully saturated rings. The SMILES string of the molecule is C[C@@H]1OC(O[C@H]2[C@@H](C)CCC[C@H]2O[C@@H]2O[C@H](CO)[C@H](O)[C@H](O[C@@H](CC3CCCCC3)C(=O)NO)[C@H]2OC(=O)c2ccccc2)[C@@H](O)[C@H](O)[C@@H]1O. The lowest BCUT2D eigenvalue weighted by Gasteiger charge is -2.47. The van der Waals surface area contributed by atoms with Crippen molar-refractivity contribution >= 4 is 11.9 Å². The van der Waals surface area contributed by atoms with Crippen molar-refractivity contribution in [2.45, 2.75) is 151 Å². The largest absolute Gasteiger partial charge is 0.450 e. The molecule has 0 aromatic heterocycles. The molecule has 2 heterocycles. The van der Waals surface area contributed by atoms with Gasteiger partial charge in [-0.2, -0.15) is 0 Å². The first-order valence-electron chi connectivity index (χ1n) is 17.8. The zero-order valence-electron chi connectivity index (χ0n) is 28.6. The van der Waals surface area contributed by atoms with Crippen LogP contribution in [0.4, 0.5) is 0 Å². The highest BCUT2D eigenvalue weighted by Gasteiger charge is 2.52. The van der Waals surface area contributed by atoms with Crippen LogP contribution in [-0.4, -0.2) is 129 Å². The minimum Gasteiger partial charge on any atom is -0.450 e. The second-order valence-electron chi connectivity index (χ2n) is 14.1. The Kier molecular flexibility index (Phi) is 14.0. The smallest absolute Gasteiger partial charge is 0.338 e. The molecule has 5 rings (SSSR count). The van der Waals surface area contributed by atoms with Crippen molar-refractivity contribution in [3.8, 4) is 0 Å². The van der Waals surface area contributed by atoms with E-state index in [0.29, 0.717) is 12.8 Å². The van der Waals surface area contributed by atoms with Crippen molar-refractivity contribution in [3.63, 3.8) is 0 Å². The summed E-state index contributed by atoms with van der Waals surface area (Å²) in [5.41, 5.74) is 1.85. The first-order valence-corrected chi connectivity index (χ1v) is 17.8. The summed E-state index contributed by atoms with van der Waals surface area (Å²) in [6.45, 7) is 2.81. The molecule has 1 aromatic rings. The summed E-state index contributed by atoms with van der Waals surface area (Å²) in [4.78, 5) is 26.5.